The zero-order valence-corrected chi connectivity index (χ0v) is 13.8. The van der Waals surface area contributed by atoms with Gasteiger partial charge >= 0.3 is 0 Å². The van der Waals surface area contributed by atoms with Crippen LogP contribution in [0.5, 0.6) is 0 Å². The Bertz CT molecular complexity index is 848. The number of nitrogens with two attached hydrogens (primary N) is 1. The number of anilines is 2. The summed E-state index contributed by atoms with van der Waals surface area (Å²) in [4.78, 5) is 4.45. The van der Waals surface area contributed by atoms with Crippen LogP contribution in [0.1, 0.15) is 5.56 Å². The van der Waals surface area contributed by atoms with Crippen LogP contribution >= 0.6 is 15.9 Å². The summed E-state index contributed by atoms with van der Waals surface area (Å²) >= 11 is 3.26. The van der Waals surface area contributed by atoms with E-state index in [2.05, 4.69) is 31.0 Å². The van der Waals surface area contributed by atoms with Crippen LogP contribution in [0.25, 0.3) is 0 Å². The van der Waals surface area contributed by atoms with Gasteiger partial charge in [0.15, 0.2) is 0 Å². The Balaban J connectivity index is 1.87. The summed E-state index contributed by atoms with van der Waals surface area (Å²) in [6.07, 6.45) is 0. The average Bonchev–Trinajstić information content (AvgIpc) is 2.47. The number of rotatable bonds is 2. The summed E-state index contributed by atoms with van der Waals surface area (Å²) < 4.78 is 27.6. The van der Waals surface area contributed by atoms with Gasteiger partial charge in [-0.1, -0.05) is 28.1 Å². The molecule has 2 aromatic carbocycles. The van der Waals surface area contributed by atoms with E-state index in [1.54, 1.807) is 30.3 Å². The second-order valence-corrected chi connectivity index (χ2v) is 7.34. The molecule has 8 heteroatoms. The van der Waals surface area contributed by atoms with Crippen molar-refractivity contribution in [2.45, 2.75) is 11.4 Å². The second-order valence-electron chi connectivity index (χ2n) is 4.78. The highest BCUT2D eigenvalue weighted by Crippen LogP contribution is 2.27. The molecule has 1 aliphatic rings. The summed E-state index contributed by atoms with van der Waals surface area (Å²) in [5, 5.41) is 2.98. The third kappa shape index (κ3) is 3.07. The molecule has 0 spiro atoms. The largest absolute Gasteiger partial charge is 0.399 e. The molecule has 0 saturated carbocycles. The molecule has 0 amide bonds. The number of hydrogen-bond donors (Lipinski definition) is 3. The van der Waals surface area contributed by atoms with Gasteiger partial charge in [0.25, 0.3) is 10.0 Å². The molecule has 0 aromatic heterocycles. The van der Waals surface area contributed by atoms with Crippen molar-refractivity contribution in [3.05, 3.63) is 52.5 Å². The van der Waals surface area contributed by atoms with Gasteiger partial charge in [0.05, 0.1) is 12.2 Å². The van der Waals surface area contributed by atoms with Crippen molar-refractivity contribution in [3.8, 4) is 0 Å². The Hall–Kier alpha value is -2.06. The lowest BCUT2D eigenvalue weighted by atomic mass is 10.2. The topological polar surface area (TPSA) is 96.6 Å². The Morgan fingerprint density at radius 2 is 1.86 bits per heavy atom. The molecule has 114 valence electrons. The number of sulfonamides is 1. The number of hydrogen-bond acceptors (Lipinski definition) is 4. The number of benzene rings is 2. The van der Waals surface area contributed by atoms with E-state index in [-0.39, 0.29) is 10.9 Å². The lowest BCUT2D eigenvalue weighted by molar-refractivity contribution is 0.591. The fourth-order valence-corrected chi connectivity index (χ4v) is 3.71. The second kappa shape index (κ2) is 5.62. The first-order chi connectivity index (χ1) is 10.4. The maximum atomic E-state index is 12.2. The molecule has 22 heavy (non-hydrogen) atoms. The Kier molecular flexibility index (Phi) is 3.79. The number of halogens is 1. The Morgan fingerprint density at radius 3 is 2.59 bits per heavy atom. The fraction of sp³-hybridized carbons (Fsp3) is 0.0714. The van der Waals surface area contributed by atoms with E-state index in [4.69, 9.17) is 5.73 Å². The Labute approximate surface area is 136 Å². The molecule has 0 fully saturated rings. The van der Waals surface area contributed by atoms with Gasteiger partial charge < -0.3 is 11.1 Å². The van der Waals surface area contributed by atoms with E-state index in [0.29, 0.717) is 22.4 Å². The van der Waals surface area contributed by atoms with Crippen molar-refractivity contribution in [2.24, 2.45) is 4.99 Å². The molecule has 2 aromatic rings. The molecular weight excluding hydrogens is 368 g/mol. The molecule has 1 heterocycles. The molecule has 0 unspecified atom stereocenters. The van der Waals surface area contributed by atoms with Gasteiger partial charge in [0, 0.05) is 10.2 Å². The van der Waals surface area contributed by atoms with Crippen LogP contribution < -0.4 is 15.8 Å². The molecule has 6 nitrogen and oxygen atoms in total. The molecule has 0 saturated heterocycles. The van der Waals surface area contributed by atoms with Gasteiger partial charge in [0.1, 0.15) is 4.90 Å². The van der Waals surface area contributed by atoms with Crippen molar-refractivity contribution in [1.82, 2.24) is 4.72 Å². The third-order valence-corrected chi connectivity index (χ3v) is 4.99. The van der Waals surface area contributed by atoms with Crippen molar-refractivity contribution in [3.63, 3.8) is 0 Å². The zero-order chi connectivity index (χ0) is 15.7. The summed E-state index contributed by atoms with van der Waals surface area (Å²) in [5.41, 5.74) is 7.73. The van der Waals surface area contributed by atoms with E-state index in [1.807, 2.05) is 12.1 Å². The predicted molar refractivity (Wildman–Crippen MR) is 90.1 cm³/mol. The maximum absolute atomic E-state index is 12.2. The number of nitrogens with one attached hydrogen (secondary N) is 2. The van der Waals surface area contributed by atoms with E-state index in [1.165, 1.54) is 0 Å². The van der Waals surface area contributed by atoms with Crippen LogP contribution in [0.2, 0.25) is 0 Å². The molecular formula is C14H13BrN4O2S. The van der Waals surface area contributed by atoms with Crippen LogP contribution in [0, 0.1) is 0 Å². The summed E-state index contributed by atoms with van der Waals surface area (Å²) in [6, 6.07) is 12.3. The highest BCUT2D eigenvalue weighted by molar-refractivity contribution is 9.10. The van der Waals surface area contributed by atoms with Crippen LogP contribution in [-0.4, -0.2) is 14.4 Å². The van der Waals surface area contributed by atoms with Gasteiger partial charge in [-0.05, 0) is 35.9 Å². The number of nitrogens with zero attached hydrogens (tertiary/aromatic N) is 1. The summed E-state index contributed by atoms with van der Waals surface area (Å²) in [5.74, 6) is 0.201. The lowest BCUT2D eigenvalue weighted by Crippen LogP contribution is -2.40. The van der Waals surface area contributed by atoms with Crippen molar-refractivity contribution in [1.29, 1.82) is 0 Å². The molecule has 4 N–H and O–H groups in total. The SMILES string of the molecule is Nc1ccc(CN=C2Nc3ccc(Br)cc3S(=O)(=O)N2)cc1. The van der Waals surface area contributed by atoms with Crippen molar-refractivity contribution >= 4 is 43.3 Å². The maximum Gasteiger partial charge on any atom is 0.266 e. The van der Waals surface area contributed by atoms with E-state index in [9.17, 15) is 8.42 Å². The first-order valence-corrected chi connectivity index (χ1v) is 8.70. The van der Waals surface area contributed by atoms with Crippen LogP contribution in [0.4, 0.5) is 11.4 Å². The first kappa shape index (κ1) is 14.9. The molecule has 3 rings (SSSR count). The smallest absolute Gasteiger partial charge is 0.266 e. The fourth-order valence-electron chi connectivity index (χ4n) is 2.02. The normalized spacial score (nSPS) is 17.4. The molecule has 0 bridgehead atoms. The van der Waals surface area contributed by atoms with E-state index in [0.717, 1.165) is 5.56 Å². The van der Waals surface area contributed by atoms with E-state index >= 15 is 0 Å². The molecule has 0 aliphatic carbocycles. The molecule has 0 radical (unpaired) electrons. The monoisotopic (exact) mass is 380 g/mol. The standard InChI is InChI=1S/C14H13BrN4O2S/c15-10-3-6-12-13(7-10)22(20,21)19-14(18-12)17-8-9-1-4-11(16)5-2-9/h1-7H,8,16H2,(H2,17,18,19). The summed E-state index contributed by atoms with van der Waals surface area (Å²) in [7, 11) is -3.62. The molecule has 0 atom stereocenters. The first-order valence-electron chi connectivity index (χ1n) is 6.42. The Morgan fingerprint density at radius 1 is 1.14 bits per heavy atom. The van der Waals surface area contributed by atoms with Gasteiger partial charge in [-0.3, -0.25) is 0 Å². The number of aliphatic imine (C=N–C) groups is 1. The minimum atomic E-state index is -3.62. The molecule has 1 aliphatic heterocycles. The quantitative estimate of drug-likeness (QED) is 0.696. The van der Waals surface area contributed by atoms with E-state index < -0.39 is 10.0 Å². The van der Waals surface area contributed by atoms with Gasteiger partial charge in [-0.2, -0.15) is 0 Å². The number of nitrogen functional groups attached to an aromatic ring is 1. The minimum absolute atomic E-state index is 0.188. The van der Waals surface area contributed by atoms with Gasteiger partial charge in [-0.15, -0.1) is 0 Å². The average molecular weight is 381 g/mol. The van der Waals surface area contributed by atoms with Gasteiger partial charge in [0.2, 0.25) is 5.96 Å². The van der Waals surface area contributed by atoms with Crippen molar-refractivity contribution < 1.29 is 8.42 Å². The minimum Gasteiger partial charge on any atom is -0.399 e. The van der Waals surface area contributed by atoms with Crippen LogP contribution in [0.3, 0.4) is 0 Å². The van der Waals surface area contributed by atoms with Crippen LogP contribution in [-0.2, 0) is 16.6 Å². The lowest BCUT2D eigenvalue weighted by Gasteiger charge is -2.21. The number of fused-ring (bicyclic) bond motifs is 1. The van der Waals surface area contributed by atoms with Gasteiger partial charge in [-0.25, -0.2) is 18.1 Å². The summed E-state index contributed by atoms with van der Waals surface area (Å²) in [6.45, 7) is 0.344. The third-order valence-electron chi connectivity index (χ3n) is 3.12. The van der Waals surface area contributed by atoms with Crippen molar-refractivity contribution in [2.75, 3.05) is 11.1 Å². The number of guanidine groups is 1. The van der Waals surface area contributed by atoms with Crippen LogP contribution in [0.15, 0.2) is 56.8 Å². The zero-order valence-electron chi connectivity index (χ0n) is 11.4. The highest BCUT2D eigenvalue weighted by Gasteiger charge is 2.26. The highest BCUT2D eigenvalue weighted by atomic mass is 79.9. The predicted octanol–water partition coefficient (Wildman–Crippen LogP) is 2.29.